The van der Waals surface area contributed by atoms with Crippen molar-refractivity contribution in [3.63, 3.8) is 0 Å². The quantitative estimate of drug-likeness (QED) is 0.0936. The first-order valence-electron chi connectivity index (χ1n) is 12.4. The Morgan fingerprint density at radius 1 is 0.775 bits per heavy atom. The van der Waals surface area contributed by atoms with Gasteiger partial charge in [0.25, 0.3) is 0 Å². The van der Waals surface area contributed by atoms with Crippen LogP contribution in [0.1, 0.15) is 48.6 Å². The summed E-state index contributed by atoms with van der Waals surface area (Å²) in [5.74, 6) is -2.54. The normalized spacial score (nSPS) is 11.2. The first-order chi connectivity index (χ1) is 19.1. The molecule has 206 valence electrons. The predicted octanol–water partition coefficient (Wildman–Crippen LogP) is 8.70. The number of nitrogens with zero attached hydrogens (tertiary/aromatic N) is 1. The predicted molar refractivity (Wildman–Crippen MR) is 136 cm³/mol. The fourth-order valence-electron chi connectivity index (χ4n) is 3.90. The Balaban J connectivity index is 1.47. The average molecular weight is 558 g/mol. The lowest BCUT2D eigenvalue weighted by atomic mass is 10.0. The summed E-state index contributed by atoms with van der Waals surface area (Å²) in [6, 6.07) is 9.94. The highest BCUT2D eigenvalue weighted by Gasteiger charge is 2.38. The van der Waals surface area contributed by atoms with Crippen molar-refractivity contribution in [3.05, 3.63) is 118 Å². The minimum atomic E-state index is -4.20. The molecule has 2 nitrogen and oxygen atoms in total. The highest BCUT2D eigenvalue weighted by molar-refractivity contribution is 5.65. The number of ether oxygens (including phenoxy) is 1. The summed E-state index contributed by atoms with van der Waals surface area (Å²) < 4.78 is 103. The van der Waals surface area contributed by atoms with E-state index in [1.165, 1.54) is 6.07 Å². The number of unbranched alkanes of at least 4 members (excludes halogenated alkanes) is 2. The van der Waals surface area contributed by atoms with Crippen LogP contribution in [0.25, 0.3) is 11.1 Å². The lowest BCUT2D eigenvalue weighted by Gasteiger charge is -2.19. The molecule has 4 aromatic rings. The molecule has 0 N–H and O–H groups in total. The first kappa shape index (κ1) is 28.7. The van der Waals surface area contributed by atoms with E-state index in [-0.39, 0.29) is 16.7 Å². The molecule has 1 heterocycles. The van der Waals surface area contributed by atoms with Crippen LogP contribution in [0.15, 0.2) is 66.9 Å². The van der Waals surface area contributed by atoms with E-state index in [9.17, 15) is 30.7 Å². The number of aromatic nitrogens is 1. The molecule has 0 saturated carbocycles. The van der Waals surface area contributed by atoms with E-state index in [0.717, 1.165) is 55.5 Å². The molecule has 0 radical (unpaired) electrons. The van der Waals surface area contributed by atoms with Crippen LogP contribution in [0.3, 0.4) is 0 Å². The molecule has 0 fully saturated rings. The van der Waals surface area contributed by atoms with Gasteiger partial charge >= 0.3 is 6.11 Å². The van der Waals surface area contributed by atoms with Gasteiger partial charge in [-0.25, -0.2) is 26.9 Å². The van der Waals surface area contributed by atoms with E-state index in [1.54, 1.807) is 12.3 Å². The molecule has 1 aromatic heterocycles. The largest absolute Gasteiger partial charge is 0.429 e. The van der Waals surface area contributed by atoms with Gasteiger partial charge in [-0.05, 0) is 78.4 Å². The Kier molecular flexibility index (Phi) is 8.78. The lowest BCUT2D eigenvalue weighted by Crippen LogP contribution is -2.23. The molecule has 40 heavy (non-hydrogen) atoms. The number of benzene rings is 3. The van der Waals surface area contributed by atoms with Crippen LogP contribution in [-0.4, -0.2) is 4.98 Å². The average Bonchev–Trinajstić information content (AvgIpc) is 2.91. The lowest BCUT2D eigenvalue weighted by molar-refractivity contribution is -0.187. The van der Waals surface area contributed by atoms with Crippen LogP contribution in [0, 0.1) is 40.9 Å². The molecular weight excluding hydrogens is 535 g/mol. The Hall–Kier alpha value is -4.32. The zero-order valence-electron chi connectivity index (χ0n) is 21.2. The van der Waals surface area contributed by atoms with Crippen LogP contribution >= 0.6 is 0 Å². The first-order valence-corrected chi connectivity index (χ1v) is 12.4. The van der Waals surface area contributed by atoms with Crippen molar-refractivity contribution in [1.82, 2.24) is 4.98 Å². The van der Waals surface area contributed by atoms with Crippen LogP contribution in [0.5, 0.6) is 5.75 Å². The molecule has 0 aliphatic rings. The molecule has 0 amide bonds. The van der Waals surface area contributed by atoms with Gasteiger partial charge in [-0.15, -0.1) is 0 Å². The van der Waals surface area contributed by atoms with E-state index < -0.39 is 46.5 Å². The van der Waals surface area contributed by atoms with Crippen molar-refractivity contribution in [3.8, 4) is 28.7 Å². The van der Waals surface area contributed by atoms with Crippen molar-refractivity contribution >= 4 is 0 Å². The van der Waals surface area contributed by atoms with Gasteiger partial charge in [0.2, 0.25) is 0 Å². The van der Waals surface area contributed by atoms with Gasteiger partial charge in [0, 0.05) is 23.4 Å². The van der Waals surface area contributed by atoms with E-state index in [4.69, 9.17) is 0 Å². The molecule has 0 spiro atoms. The van der Waals surface area contributed by atoms with E-state index in [2.05, 4.69) is 28.5 Å². The molecule has 0 unspecified atom stereocenters. The Labute approximate surface area is 226 Å². The Morgan fingerprint density at radius 3 is 2.15 bits per heavy atom. The van der Waals surface area contributed by atoms with Gasteiger partial charge < -0.3 is 4.74 Å². The van der Waals surface area contributed by atoms with E-state index >= 15 is 0 Å². The standard InChI is InChI=1S/C31H22F7NO/c1-2-3-4-5-20-7-10-22(39-18-20)9-6-19-8-13-25(27(33)14-19)31(37,38)40-23-11-12-24(26(32)17-23)21-15-28(34)30(36)29(35)16-21/h7-8,10-18H,2-5H2,1H3. The smallest absolute Gasteiger partial charge is 0.429 e. The monoisotopic (exact) mass is 557 g/mol. The third-order valence-electron chi connectivity index (χ3n) is 5.99. The van der Waals surface area contributed by atoms with Crippen LogP contribution in [-0.2, 0) is 12.5 Å². The van der Waals surface area contributed by atoms with Crippen LogP contribution < -0.4 is 4.74 Å². The highest BCUT2D eigenvalue weighted by Crippen LogP contribution is 2.35. The van der Waals surface area contributed by atoms with Crippen molar-refractivity contribution in [2.45, 2.75) is 38.7 Å². The van der Waals surface area contributed by atoms with Crippen LogP contribution in [0.2, 0.25) is 0 Å². The molecule has 0 aliphatic carbocycles. The molecule has 3 aromatic carbocycles. The number of pyridine rings is 1. The second-order valence-corrected chi connectivity index (χ2v) is 8.97. The van der Waals surface area contributed by atoms with Crippen molar-refractivity contribution in [2.75, 3.05) is 0 Å². The van der Waals surface area contributed by atoms with Gasteiger partial charge in [-0.3, -0.25) is 0 Å². The zero-order valence-corrected chi connectivity index (χ0v) is 21.2. The maximum Gasteiger partial charge on any atom is 0.429 e. The second-order valence-electron chi connectivity index (χ2n) is 8.97. The summed E-state index contributed by atoms with van der Waals surface area (Å²) in [5.41, 5.74) is -0.213. The Bertz CT molecular complexity index is 1550. The number of rotatable bonds is 8. The molecule has 4 rings (SSSR count). The van der Waals surface area contributed by atoms with Gasteiger partial charge in [0.05, 0.1) is 0 Å². The molecule has 0 aliphatic heterocycles. The number of alkyl halides is 2. The molecule has 0 saturated heterocycles. The number of hydrogen-bond donors (Lipinski definition) is 0. The topological polar surface area (TPSA) is 22.1 Å². The van der Waals surface area contributed by atoms with Gasteiger partial charge in [0.1, 0.15) is 28.6 Å². The summed E-state index contributed by atoms with van der Waals surface area (Å²) in [6.07, 6.45) is 1.71. The van der Waals surface area contributed by atoms with Crippen molar-refractivity contribution < 1.29 is 35.5 Å². The molecule has 0 bridgehead atoms. The minimum Gasteiger partial charge on any atom is -0.429 e. The summed E-state index contributed by atoms with van der Waals surface area (Å²) in [6.45, 7) is 2.12. The second kappa shape index (κ2) is 12.2. The summed E-state index contributed by atoms with van der Waals surface area (Å²) in [4.78, 5) is 4.25. The molecule has 0 atom stereocenters. The van der Waals surface area contributed by atoms with Gasteiger partial charge in [-0.2, -0.15) is 8.78 Å². The molecule has 9 heteroatoms. The third-order valence-corrected chi connectivity index (χ3v) is 5.99. The summed E-state index contributed by atoms with van der Waals surface area (Å²) in [5, 5.41) is 0. The number of halogens is 7. The SMILES string of the molecule is CCCCCc1ccc(C#Cc2ccc(C(F)(F)Oc3ccc(-c4cc(F)c(F)c(F)c4)c(F)c3)c(F)c2)nc1. The number of hydrogen-bond acceptors (Lipinski definition) is 2. The fourth-order valence-corrected chi connectivity index (χ4v) is 3.90. The minimum absolute atomic E-state index is 0.125. The zero-order chi connectivity index (χ0) is 28.9. The maximum absolute atomic E-state index is 14.8. The summed E-state index contributed by atoms with van der Waals surface area (Å²) >= 11 is 0. The fraction of sp³-hybridized carbons (Fsp3) is 0.194. The third kappa shape index (κ3) is 6.81. The van der Waals surface area contributed by atoms with E-state index in [0.29, 0.717) is 23.9 Å². The summed E-state index contributed by atoms with van der Waals surface area (Å²) in [7, 11) is 0. The number of aryl methyl sites for hydroxylation is 1. The van der Waals surface area contributed by atoms with Crippen molar-refractivity contribution in [2.24, 2.45) is 0 Å². The highest BCUT2D eigenvalue weighted by atomic mass is 19.3. The Morgan fingerprint density at radius 2 is 1.52 bits per heavy atom. The van der Waals surface area contributed by atoms with Gasteiger partial charge in [-0.1, -0.05) is 31.8 Å². The van der Waals surface area contributed by atoms with E-state index in [1.807, 2.05) is 6.07 Å². The molecular formula is C31H22F7NO. The van der Waals surface area contributed by atoms with Crippen molar-refractivity contribution in [1.29, 1.82) is 0 Å². The maximum atomic E-state index is 14.8. The van der Waals surface area contributed by atoms with Crippen LogP contribution in [0.4, 0.5) is 30.7 Å². The van der Waals surface area contributed by atoms with Gasteiger partial charge in [0.15, 0.2) is 17.5 Å².